The predicted octanol–water partition coefficient (Wildman–Crippen LogP) is 3.80. The van der Waals surface area contributed by atoms with Crippen molar-refractivity contribution in [3.8, 4) is 5.75 Å². The molecular formula is C22H33N3O3S. The second kappa shape index (κ2) is 10.8. The van der Waals surface area contributed by atoms with Crippen molar-refractivity contribution in [2.75, 3.05) is 20.2 Å². The van der Waals surface area contributed by atoms with Gasteiger partial charge >= 0.3 is 6.03 Å². The van der Waals surface area contributed by atoms with Crippen LogP contribution < -0.4 is 15.4 Å². The first-order valence-corrected chi connectivity index (χ1v) is 11.6. The Kier molecular flexibility index (Phi) is 8.09. The topological polar surface area (TPSA) is 70.7 Å². The van der Waals surface area contributed by atoms with Gasteiger partial charge in [0, 0.05) is 30.1 Å². The van der Waals surface area contributed by atoms with Gasteiger partial charge in [-0.05, 0) is 56.9 Å². The Hall–Kier alpha value is -1.89. The molecule has 3 rings (SSSR count). The number of piperidine rings is 1. The molecule has 1 aliphatic heterocycles. The number of urea groups is 1. The summed E-state index contributed by atoms with van der Waals surface area (Å²) in [5.74, 6) is 0.978. The maximum atomic E-state index is 12.8. The number of hydrogen-bond donors (Lipinski definition) is 2. The molecule has 1 aromatic rings. The van der Waals surface area contributed by atoms with Crippen molar-refractivity contribution in [2.45, 2.75) is 74.1 Å². The van der Waals surface area contributed by atoms with E-state index in [9.17, 15) is 9.59 Å². The molecule has 6 nitrogen and oxygen atoms in total. The van der Waals surface area contributed by atoms with Crippen LogP contribution >= 0.6 is 11.8 Å². The molecule has 1 saturated heterocycles. The molecule has 1 aromatic carbocycles. The van der Waals surface area contributed by atoms with E-state index < -0.39 is 0 Å². The summed E-state index contributed by atoms with van der Waals surface area (Å²) in [6, 6.07) is 8.20. The third-order valence-corrected chi connectivity index (χ3v) is 6.90. The zero-order valence-corrected chi connectivity index (χ0v) is 18.3. The van der Waals surface area contributed by atoms with Crippen LogP contribution in [0.5, 0.6) is 5.75 Å². The van der Waals surface area contributed by atoms with E-state index in [-0.39, 0.29) is 23.2 Å². The molecule has 1 atom stereocenters. The van der Waals surface area contributed by atoms with Crippen molar-refractivity contribution >= 4 is 23.7 Å². The lowest BCUT2D eigenvalue weighted by molar-refractivity contribution is -0.131. The summed E-state index contributed by atoms with van der Waals surface area (Å²) >= 11 is 1.57. The molecule has 2 fully saturated rings. The normalized spacial score (nSPS) is 19.4. The molecule has 7 heteroatoms. The van der Waals surface area contributed by atoms with E-state index in [0.29, 0.717) is 19.1 Å². The molecule has 0 radical (unpaired) electrons. The average Bonchev–Trinajstić information content (AvgIpc) is 2.75. The number of nitrogens with one attached hydrogen (secondary N) is 2. The average molecular weight is 420 g/mol. The van der Waals surface area contributed by atoms with Gasteiger partial charge in [-0.2, -0.15) is 0 Å². The highest BCUT2D eigenvalue weighted by Gasteiger charge is 2.27. The van der Waals surface area contributed by atoms with Crippen LogP contribution in [-0.2, 0) is 4.79 Å². The third kappa shape index (κ3) is 6.56. The number of benzene rings is 1. The van der Waals surface area contributed by atoms with Crippen molar-refractivity contribution in [1.29, 1.82) is 0 Å². The highest BCUT2D eigenvalue weighted by Crippen LogP contribution is 2.27. The van der Waals surface area contributed by atoms with Crippen LogP contribution in [0.25, 0.3) is 0 Å². The lowest BCUT2D eigenvalue weighted by atomic mass is 9.96. The van der Waals surface area contributed by atoms with Gasteiger partial charge in [0.15, 0.2) is 0 Å². The summed E-state index contributed by atoms with van der Waals surface area (Å²) in [4.78, 5) is 28.0. The monoisotopic (exact) mass is 419 g/mol. The van der Waals surface area contributed by atoms with Crippen LogP contribution in [0, 0.1) is 0 Å². The lowest BCUT2D eigenvalue weighted by Crippen LogP contribution is -2.51. The number of hydrogen-bond acceptors (Lipinski definition) is 4. The van der Waals surface area contributed by atoms with Crippen LogP contribution in [-0.4, -0.2) is 54.4 Å². The van der Waals surface area contributed by atoms with Crippen molar-refractivity contribution in [1.82, 2.24) is 15.5 Å². The number of thioether (sulfide) groups is 1. The van der Waals surface area contributed by atoms with Crippen LogP contribution in [0.4, 0.5) is 4.79 Å². The van der Waals surface area contributed by atoms with Gasteiger partial charge in [-0.1, -0.05) is 19.3 Å². The Bertz CT molecular complexity index is 668. The maximum absolute atomic E-state index is 12.8. The summed E-state index contributed by atoms with van der Waals surface area (Å²) < 4.78 is 5.18. The number of nitrogens with zero attached hydrogens (tertiary/aromatic N) is 1. The largest absolute Gasteiger partial charge is 0.497 e. The number of ether oxygens (including phenoxy) is 1. The molecule has 0 bridgehead atoms. The minimum absolute atomic E-state index is 0.0508. The van der Waals surface area contributed by atoms with Gasteiger partial charge in [-0.25, -0.2) is 4.79 Å². The van der Waals surface area contributed by atoms with Crippen molar-refractivity contribution in [3.05, 3.63) is 24.3 Å². The first kappa shape index (κ1) is 21.8. The fourth-order valence-corrected chi connectivity index (χ4v) is 5.02. The number of carbonyl (C=O) groups is 2. The molecule has 2 N–H and O–H groups in total. The Labute approximate surface area is 178 Å². The number of likely N-dealkylation sites (tertiary alicyclic amines) is 1. The van der Waals surface area contributed by atoms with Crippen molar-refractivity contribution < 1.29 is 14.3 Å². The highest BCUT2D eigenvalue weighted by atomic mass is 32.2. The standard InChI is InChI=1S/C22H33N3O3S/c1-16(29-20-10-8-19(28-2)9-11-20)21(26)25-14-12-18(13-15-25)24-22(27)23-17-6-4-3-5-7-17/h8-11,16-18H,3-7,12-15H2,1-2H3,(H2,23,24,27). The van der Waals surface area contributed by atoms with E-state index in [1.54, 1.807) is 18.9 Å². The number of rotatable bonds is 6. The highest BCUT2D eigenvalue weighted by molar-refractivity contribution is 8.00. The van der Waals surface area contributed by atoms with Gasteiger partial charge in [0.25, 0.3) is 0 Å². The molecule has 1 heterocycles. The summed E-state index contributed by atoms with van der Waals surface area (Å²) in [6.45, 7) is 3.35. The first-order chi connectivity index (χ1) is 14.0. The SMILES string of the molecule is COc1ccc(SC(C)C(=O)N2CCC(NC(=O)NC3CCCCC3)CC2)cc1. The van der Waals surface area contributed by atoms with Gasteiger partial charge in [-0.3, -0.25) is 4.79 Å². The van der Waals surface area contributed by atoms with Crippen LogP contribution in [0.3, 0.4) is 0 Å². The fraction of sp³-hybridized carbons (Fsp3) is 0.636. The zero-order valence-electron chi connectivity index (χ0n) is 17.5. The van der Waals surface area contributed by atoms with E-state index in [4.69, 9.17) is 4.74 Å². The first-order valence-electron chi connectivity index (χ1n) is 10.7. The van der Waals surface area contributed by atoms with Crippen LogP contribution in [0.15, 0.2) is 29.2 Å². The Morgan fingerprint density at radius 2 is 1.59 bits per heavy atom. The minimum atomic E-state index is -0.137. The molecule has 2 aliphatic rings. The lowest BCUT2D eigenvalue weighted by Gasteiger charge is -2.34. The minimum Gasteiger partial charge on any atom is -0.497 e. The molecule has 1 saturated carbocycles. The number of carbonyl (C=O) groups excluding carboxylic acids is 2. The van der Waals surface area contributed by atoms with Crippen molar-refractivity contribution in [3.63, 3.8) is 0 Å². The zero-order chi connectivity index (χ0) is 20.6. The van der Waals surface area contributed by atoms with Crippen LogP contribution in [0.2, 0.25) is 0 Å². The van der Waals surface area contributed by atoms with Gasteiger partial charge in [0.05, 0.1) is 12.4 Å². The van der Waals surface area contributed by atoms with Crippen molar-refractivity contribution in [2.24, 2.45) is 0 Å². The molecule has 3 amide bonds. The molecular weight excluding hydrogens is 386 g/mol. The van der Waals surface area contributed by atoms with E-state index in [0.717, 1.165) is 36.3 Å². The Morgan fingerprint density at radius 1 is 1.00 bits per heavy atom. The summed E-state index contributed by atoms with van der Waals surface area (Å²) in [5, 5.41) is 6.07. The van der Waals surface area contributed by atoms with Gasteiger partial charge < -0.3 is 20.3 Å². The quantitative estimate of drug-likeness (QED) is 0.688. The van der Waals surface area contributed by atoms with Gasteiger partial charge in [0.2, 0.25) is 5.91 Å². The third-order valence-electron chi connectivity index (χ3n) is 5.80. The molecule has 160 valence electrons. The summed E-state index contributed by atoms with van der Waals surface area (Å²) in [7, 11) is 1.65. The summed E-state index contributed by atoms with van der Waals surface area (Å²) in [6.07, 6.45) is 7.49. The van der Waals surface area contributed by atoms with E-state index >= 15 is 0 Å². The molecule has 0 spiro atoms. The Morgan fingerprint density at radius 3 is 2.17 bits per heavy atom. The second-order valence-electron chi connectivity index (χ2n) is 7.99. The van der Waals surface area contributed by atoms with E-state index in [2.05, 4.69) is 10.6 Å². The second-order valence-corrected chi connectivity index (χ2v) is 9.40. The van der Waals surface area contributed by atoms with Crippen LogP contribution in [0.1, 0.15) is 51.9 Å². The predicted molar refractivity (Wildman–Crippen MR) is 116 cm³/mol. The number of methoxy groups -OCH3 is 1. The van der Waals surface area contributed by atoms with E-state index in [1.165, 1.54) is 19.3 Å². The maximum Gasteiger partial charge on any atom is 0.315 e. The Balaban J connectivity index is 1.39. The smallest absolute Gasteiger partial charge is 0.315 e. The number of amides is 3. The summed E-state index contributed by atoms with van der Waals surface area (Å²) in [5.41, 5.74) is 0. The molecule has 0 aromatic heterocycles. The fourth-order valence-electron chi connectivity index (χ4n) is 4.07. The molecule has 1 unspecified atom stereocenters. The molecule has 29 heavy (non-hydrogen) atoms. The molecule has 1 aliphatic carbocycles. The van der Waals surface area contributed by atoms with Gasteiger partial charge in [-0.15, -0.1) is 11.8 Å². The van der Waals surface area contributed by atoms with E-state index in [1.807, 2.05) is 36.1 Å². The van der Waals surface area contributed by atoms with Gasteiger partial charge in [0.1, 0.15) is 5.75 Å².